The van der Waals surface area contributed by atoms with Gasteiger partial charge >= 0.3 is 0 Å². The average molecular weight is 428 g/mol. The van der Waals surface area contributed by atoms with E-state index in [2.05, 4.69) is 107 Å². The van der Waals surface area contributed by atoms with Crippen molar-refractivity contribution in [1.82, 2.24) is 14.5 Å². The van der Waals surface area contributed by atoms with Crippen molar-refractivity contribution in [3.63, 3.8) is 0 Å². The Balaban J connectivity index is 1.61. The molecule has 0 aliphatic heterocycles. The smallest absolute Gasteiger partial charge is 0.235 e. The van der Waals surface area contributed by atoms with Crippen molar-refractivity contribution < 1.29 is 0 Å². The van der Waals surface area contributed by atoms with E-state index in [4.69, 9.17) is 9.97 Å². The molecule has 0 bridgehead atoms. The molecule has 4 heteroatoms. The second kappa shape index (κ2) is 6.74. The third-order valence-electron chi connectivity index (χ3n) is 6.12. The number of fused-ring (bicyclic) bond motifs is 5. The van der Waals surface area contributed by atoms with E-state index in [0.717, 1.165) is 32.5 Å². The van der Waals surface area contributed by atoms with Crippen LogP contribution in [0.4, 0.5) is 0 Å². The van der Waals surface area contributed by atoms with Crippen molar-refractivity contribution in [2.75, 3.05) is 0 Å². The molecule has 0 aliphatic rings. The number of para-hydroxylation sites is 2. The van der Waals surface area contributed by atoms with Crippen LogP contribution in [0.15, 0.2) is 102 Å². The Morgan fingerprint density at radius 1 is 0.594 bits per heavy atom. The topological polar surface area (TPSA) is 30.7 Å². The van der Waals surface area contributed by atoms with Gasteiger partial charge in [0.15, 0.2) is 0 Å². The molecule has 150 valence electrons. The van der Waals surface area contributed by atoms with Gasteiger partial charge in [-0.15, -0.1) is 11.3 Å². The van der Waals surface area contributed by atoms with Crippen LogP contribution >= 0.6 is 11.3 Å². The summed E-state index contributed by atoms with van der Waals surface area (Å²) in [6, 6.07) is 34.0. The highest BCUT2D eigenvalue weighted by atomic mass is 32.1. The third-order valence-corrected chi connectivity index (χ3v) is 7.03. The van der Waals surface area contributed by atoms with Gasteiger partial charge in [0.05, 0.1) is 26.9 Å². The van der Waals surface area contributed by atoms with E-state index in [1.165, 1.54) is 21.5 Å². The van der Waals surface area contributed by atoms with Crippen molar-refractivity contribution in [1.29, 1.82) is 0 Å². The molecule has 3 aromatic heterocycles. The van der Waals surface area contributed by atoms with E-state index < -0.39 is 0 Å². The van der Waals surface area contributed by atoms with Crippen molar-refractivity contribution in [3.8, 4) is 17.2 Å². The van der Waals surface area contributed by atoms with Gasteiger partial charge in [-0.25, -0.2) is 9.97 Å². The van der Waals surface area contributed by atoms with Gasteiger partial charge in [0, 0.05) is 16.3 Å². The van der Waals surface area contributed by atoms with Crippen molar-refractivity contribution >= 4 is 54.1 Å². The minimum Gasteiger partial charge on any atom is -0.278 e. The maximum absolute atomic E-state index is 5.20. The molecule has 0 N–H and O–H groups in total. The second-order valence-electron chi connectivity index (χ2n) is 7.90. The van der Waals surface area contributed by atoms with E-state index in [-0.39, 0.29) is 0 Å². The van der Waals surface area contributed by atoms with Gasteiger partial charge in [0.1, 0.15) is 0 Å². The maximum Gasteiger partial charge on any atom is 0.235 e. The molecular formula is C28H17N3S. The van der Waals surface area contributed by atoms with E-state index in [1.807, 2.05) is 0 Å². The summed E-state index contributed by atoms with van der Waals surface area (Å²) in [5, 5.41) is 6.94. The molecule has 0 fully saturated rings. The van der Waals surface area contributed by atoms with Crippen molar-refractivity contribution in [3.05, 3.63) is 102 Å². The molecule has 3 heterocycles. The van der Waals surface area contributed by atoms with Crippen LogP contribution in [0.25, 0.3) is 60.0 Å². The van der Waals surface area contributed by atoms with Crippen LogP contribution in [0, 0.1) is 0 Å². The summed E-state index contributed by atoms with van der Waals surface area (Å²) < 4.78 is 3.31. The zero-order valence-electron chi connectivity index (χ0n) is 17.1. The van der Waals surface area contributed by atoms with E-state index in [9.17, 15) is 0 Å². The van der Waals surface area contributed by atoms with Crippen molar-refractivity contribution in [2.24, 2.45) is 0 Å². The SMILES string of the molecule is c1ccc2c(-c3nc(-n4c5ccccc5c5ccccc54)nc4ccsc34)cccc2c1. The van der Waals surface area contributed by atoms with Gasteiger partial charge in [-0.05, 0) is 34.4 Å². The molecule has 7 rings (SSSR count). The lowest BCUT2D eigenvalue weighted by Gasteiger charge is -2.11. The summed E-state index contributed by atoms with van der Waals surface area (Å²) in [7, 11) is 0. The minimum atomic E-state index is 0.705. The highest BCUT2D eigenvalue weighted by Gasteiger charge is 2.18. The predicted molar refractivity (Wildman–Crippen MR) is 135 cm³/mol. The zero-order valence-corrected chi connectivity index (χ0v) is 17.9. The minimum absolute atomic E-state index is 0.705. The second-order valence-corrected chi connectivity index (χ2v) is 8.82. The zero-order chi connectivity index (χ0) is 21.1. The molecule has 0 radical (unpaired) electrons. The first-order chi connectivity index (χ1) is 15.9. The van der Waals surface area contributed by atoms with Gasteiger partial charge in [0.25, 0.3) is 0 Å². The Morgan fingerprint density at radius 3 is 2.03 bits per heavy atom. The van der Waals surface area contributed by atoms with Gasteiger partial charge in [0.2, 0.25) is 5.95 Å². The number of benzene rings is 4. The molecule has 7 aromatic rings. The fraction of sp³-hybridized carbons (Fsp3) is 0. The summed E-state index contributed by atoms with van der Waals surface area (Å²) in [6.45, 7) is 0. The Labute approximate surface area is 188 Å². The van der Waals surface area contributed by atoms with Gasteiger partial charge < -0.3 is 0 Å². The molecule has 0 saturated heterocycles. The lowest BCUT2D eigenvalue weighted by atomic mass is 10.0. The first-order valence-electron chi connectivity index (χ1n) is 10.6. The summed E-state index contributed by atoms with van der Waals surface area (Å²) in [6.07, 6.45) is 0. The number of nitrogens with zero attached hydrogens (tertiary/aromatic N) is 3. The molecule has 0 unspecified atom stereocenters. The molecule has 0 aliphatic carbocycles. The summed E-state index contributed by atoms with van der Waals surface area (Å²) >= 11 is 1.70. The standard InChI is InChI=1S/C28H17N3S/c1-2-10-19-18(8-1)9-7-13-22(19)26-27-23(16-17-32-27)29-28(30-26)31-24-14-5-3-11-20(24)21-12-4-6-15-25(21)31/h1-17H. The number of hydrogen-bond acceptors (Lipinski definition) is 3. The quantitative estimate of drug-likeness (QED) is 0.284. The van der Waals surface area contributed by atoms with Crippen LogP contribution < -0.4 is 0 Å². The van der Waals surface area contributed by atoms with Crippen LogP contribution in [-0.2, 0) is 0 Å². The number of aromatic nitrogens is 3. The highest BCUT2D eigenvalue weighted by Crippen LogP contribution is 2.37. The molecule has 0 saturated carbocycles. The number of rotatable bonds is 2. The van der Waals surface area contributed by atoms with Crippen LogP contribution in [-0.4, -0.2) is 14.5 Å². The lowest BCUT2D eigenvalue weighted by Crippen LogP contribution is -2.02. The molecule has 0 spiro atoms. The summed E-state index contributed by atoms with van der Waals surface area (Å²) in [5.41, 5.74) is 5.34. The Hall–Kier alpha value is -4.02. The molecular weight excluding hydrogens is 410 g/mol. The Kier molecular flexibility index (Phi) is 3.72. The van der Waals surface area contributed by atoms with E-state index in [1.54, 1.807) is 11.3 Å². The summed E-state index contributed by atoms with van der Waals surface area (Å²) in [5.74, 6) is 0.705. The average Bonchev–Trinajstić information content (AvgIpc) is 3.46. The molecule has 3 nitrogen and oxygen atoms in total. The van der Waals surface area contributed by atoms with E-state index >= 15 is 0 Å². The van der Waals surface area contributed by atoms with Gasteiger partial charge in [-0.1, -0.05) is 78.9 Å². The Morgan fingerprint density at radius 2 is 1.25 bits per heavy atom. The van der Waals surface area contributed by atoms with Gasteiger partial charge in [-0.3, -0.25) is 4.57 Å². The van der Waals surface area contributed by atoms with Gasteiger partial charge in [-0.2, -0.15) is 0 Å². The van der Waals surface area contributed by atoms with Crippen molar-refractivity contribution in [2.45, 2.75) is 0 Å². The van der Waals surface area contributed by atoms with Crippen LogP contribution in [0.3, 0.4) is 0 Å². The highest BCUT2D eigenvalue weighted by molar-refractivity contribution is 7.17. The van der Waals surface area contributed by atoms with E-state index in [0.29, 0.717) is 5.95 Å². The summed E-state index contributed by atoms with van der Waals surface area (Å²) in [4.78, 5) is 10.2. The van der Waals surface area contributed by atoms with Crippen LogP contribution in [0.2, 0.25) is 0 Å². The predicted octanol–water partition coefficient (Wildman–Crippen LogP) is 7.61. The third kappa shape index (κ3) is 2.47. The Bertz CT molecular complexity index is 1730. The fourth-order valence-electron chi connectivity index (χ4n) is 4.70. The number of thiophene rings is 1. The first kappa shape index (κ1) is 17.6. The molecule has 4 aromatic carbocycles. The monoisotopic (exact) mass is 427 g/mol. The van der Waals surface area contributed by atoms with Crippen LogP contribution in [0.5, 0.6) is 0 Å². The number of hydrogen-bond donors (Lipinski definition) is 0. The molecule has 0 amide bonds. The largest absolute Gasteiger partial charge is 0.278 e. The first-order valence-corrected chi connectivity index (χ1v) is 11.5. The normalized spacial score (nSPS) is 11.8. The van der Waals surface area contributed by atoms with Crippen LogP contribution in [0.1, 0.15) is 0 Å². The lowest BCUT2D eigenvalue weighted by molar-refractivity contribution is 1.02. The molecule has 32 heavy (non-hydrogen) atoms. The maximum atomic E-state index is 5.20. The fourth-order valence-corrected chi connectivity index (χ4v) is 5.54. The molecule has 0 atom stereocenters.